The zero-order chi connectivity index (χ0) is 12.9. The molecule has 0 aromatic carbocycles. The van der Waals surface area contributed by atoms with Gasteiger partial charge in [0.15, 0.2) is 0 Å². The van der Waals surface area contributed by atoms with Gasteiger partial charge in [-0.05, 0) is 13.8 Å². The van der Waals surface area contributed by atoms with Crippen LogP contribution in [0, 0.1) is 5.92 Å². The molecule has 0 aromatic heterocycles. The van der Waals surface area contributed by atoms with E-state index in [1.54, 1.807) is 13.8 Å². The molecule has 6 heteroatoms. The normalized spacial score (nSPS) is 12.5. The SMILES string of the molecule is CC(C)C(=O)NCCN(C(C)C)S(C)(=O)=O. The van der Waals surface area contributed by atoms with Crippen molar-refractivity contribution < 1.29 is 13.2 Å². The zero-order valence-electron chi connectivity index (χ0n) is 10.6. The fourth-order valence-electron chi connectivity index (χ4n) is 1.30. The second kappa shape index (κ2) is 6.20. The summed E-state index contributed by atoms with van der Waals surface area (Å²) in [5.41, 5.74) is 0. The van der Waals surface area contributed by atoms with Gasteiger partial charge in [-0.3, -0.25) is 4.79 Å². The molecule has 0 aromatic rings. The van der Waals surface area contributed by atoms with Crippen LogP contribution in [0.3, 0.4) is 0 Å². The maximum atomic E-state index is 11.4. The largest absolute Gasteiger partial charge is 0.355 e. The summed E-state index contributed by atoms with van der Waals surface area (Å²) in [4.78, 5) is 11.3. The topological polar surface area (TPSA) is 66.5 Å². The van der Waals surface area contributed by atoms with Crippen LogP contribution in [0.5, 0.6) is 0 Å². The van der Waals surface area contributed by atoms with E-state index in [4.69, 9.17) is 0 Å². The molecule has 96 valence electrons. The lowest BCUT2D eigenvalue weighted by Gasteiger charge is -2.24. The van der Waals surface area contributed by atoms with E-state index in [0.717, 1.165) is 0 Å². The molecule has 0 saturated carbocycles. The molecular weight excluding hydrogens is 228 g/mol. The number of rotatable bonds is 6. The van der Waals surface area contributed by atoms with Crippen LogP contribution in [0.1, 0.15) is 27.7 Å². The minimum atomic E-state index is -3.20. The lowest BCUT2D eigenvalue weighted by molar-refractivity contribution is -0.124. The summed E-state index contributed by atoms with van der Waals surface area (Å²) in [6, 6.07) is -0.0917. The number of nitrogens with one attached hydrogen (secondary N) is 1. The van der Waals surface area contributed by atoms with Crippen molar-refractivity contribution in [2.75, 3.05) is 19.3 Å². The summed E-state index contributed by atoms with van der Waals surface area (Å²) in [5.74, 6) is -0.136. The molecule has 0 heterocycles. The summed E-state index contributed by atoms with van der Waals surface area (Å²) >= 11 is 0. The van der Waals surface area contributed by atoms with Gasteiger partial charge in [0, 0.05) is 25.0 Å². The Labute approximate surface area is 98.3 Å². The molecule has 0 rings (SSSR count). The Morgan fingerprint density at radius 1 is 1.25 bits per heavy atom. The van der Waals surface area contributed by atoms with Crippen molar-refractivity contribution in [2.45, 2.75) is 33.7 Å². The number of carbonyl (C=O) groups excluding carboxylic acids is 1. The van der Waals surface area contributed by atoms with Gasteiger partial charge in [-0.2, -0.15) is 4.31 Å². The van der Waals surface area contributed by atoms with Crippen LogP contribution >= 0.6 is 0 Å². The summed E-state index contributed by atoms with van der Waals surface area (Å²) in [7, 11) is -3.20. The van der Waals surface area contributed by atoms with E-state index in [-0.39, 0.29) is 17.9 Å². The Bertz CT molecular complexity index is 323. The average molecular weight is 250 g/mol. The summed E-state index contributed by atoms with van der Waals surface area (Å²) in [6.45, 7) is 7.88. The quantitative estimate of drug-likeness (QED) is 0.743. The molecule has 1 N–H and O–H groups in total. The summed E-state index contributed by atoms with van der Waals surface area (Å²) in [5, 5.41) is 2.69. The van der Waals surface area contributed by atoms with Gasteiger partial charge in [0.05, 0.1) is 6.26 Å². The summed E-state index contributed by atoms with van der Waals surface area (Å²) < 4.78 is 24.2. The Morgan fingerprint density at radius 3 is 2.06 bits per heavy atom. The number of hydrogen-bond acceptors (Lipinski definition) is 3. The third-order valence-electron chi connectivity index (χ3n) is 2.16. The maximum Gasteiger partial charge on any atom is 0.222 e. The predicted octanol–water partition coefficient (Wildman–Crippen LogP) is 0.429. The minimum absolute atomic E-state index is 0.0581. The Balaban J connectivity index is 4.21. The highest BCUT2D eigenvalue weighted by atomic mass is 32.2. The van der Waals surface area contributed by atoms with Crippen molar-refractivity contribution in [1.29, 1.82) is 0 Å². The second-order valence-corrected chi connectivity index (χ2v) is 6.35. The van der Waals surface area contributed by atoms with Crippen LogP contribution in [0.15, 0.2) is 0 Å². The lowest BCUT2D eigenvalue weighted by atomic mass is 10.2. The first kappa shape index (κ1) is 15.4. The third kappa shape index (κ3) is 5.46. The first-order chi connectivity index (χ1) is 7.16. The van der Waals surface area contributed by atoms with Gasteiger partial charge in [0.25, 0.3) is 0 Å². The Hall–Kier alpha value is -0.620. The molecule has 16 heavy (non-hydrogen) atoms. The molecule has 0 radical (unpaired) electrons. The van der Waals surface area contributed by atoms with Crippen molar-refractivity contribution in [2.24, 2.45) is 5.92 Å². The predicted molar refractivity (Wildman–Crippen MR) is 64.5 cm³/mol. The van der Waals surface area contributed by atoms with E-state index >= 15 is 0 Å². The van der Waals surface area contributed by atoms with Crippen molar-refractivity contribution in [1.82, 2.24) is 9.62 Å². The number of sulfonamides is 1. The highest BCUT2D eigenvalue weighted by molar-refractivity contribution is 7.88. The van der Waals surface area contributed by atoms with Crippen LogP contribution in [-0.2, 0) is 14.8 Å². The molecule has 0 aliphatic heterocycles. The zero-order valence-corrected chi connectivity index (χ0v) is 11.5. The molecule has 0 atom stereocenters. The molecule has 0 saturated heterocycles. The van der Waals surface area contributed by atoms with Crippen LogP contribution < -0.4 is 5.32 Å². The standard InChI is InChI=1S/C10H22N2O3S/c1-8(2)10(13)11-6-7-12(9(3)4)16(5,14)15/h8-9H,6-7H2,1-5H3,(H,11,13). The molecule has 5 nitrogen and oxygen atoms in total. The first-order valence-corrected chi connectivity index (χ1v) is 7.25. The van der Waals surface area contributed by atoms with E-state index in [9.17, 15) is 13.2 Å². The number of nitrogens with zero attached hydrogens (tertiary/aromatic N) is 1. The molecule has 0 aliphatic rings. The molecule has 0 fully saturated rings. The lowest BCUT2D eigenvalue weighted by Crippen LogP contribution is -2.42. The molecule has 1 amide bonds. The van der Waals surface area contributed by atoms with Gasteiger partial charge < -0.3 is 5.32 Å². The van der Waals surface area contributed by atoms with Crippen molar-refractivity contribution in [3.05, 3.63) is 0 Å². The minimum Gasteiger partial charge on any atom is -0.355 e. The van der Waals surface area contributed by atoms with E-state index in [2.05, 4.69) is 5.32 Å². The van der Waals surface area contributed by atoms with Crippen molar-refractivity contribution in [3.63, 3.8) is 0 Å². The fourth-order valence-corrected chi connectivity index (χ4v) is 2.49. The summed E-state index contributed by atoms with van der Waals surface area (Å²) in [6.07, 6.45) is 1.18. The third-order valence-corrected chi connectivity index (χ3v) is 3.61. The van der Waals surface area contributed by atoms with Crippen LogP contribution in [-0.4, -0.2) is 44.0 Å². The highest BCUT2D eigenvalue weighted by Crippen LogP contribution is 2.03. The van der Waals surface area contributed by atoms with Gasteiger partial charge >= 0.3 is 0 Å². The number of carbonyl (C=O) groups is 1. The Kier molecular flexibility index (Phi) is 5.96. The van der Waals surface area contributed by atoms with Gasteiger partial charge in [0.1, 0.15) is 0 Å². The highest BCUT2D eigenvalue weighted by Gasteiger charge is 2.19. The molecule has 0 spiro atoms. The smallest absolute Gasteiger partial charge is 0.222 e. The van der Waals surface area contributed by atoms with Crippen molar-refractivity contribution in [3.8, 4) is 0 Å². The van der Waals surface area contributed by atoms with Gasteiger partial charge in [0.2, 0.25) is 15.9 Å². The monoisotopic (exact) mass is 250 g/mol. The number of amides is 1. The maximum absolute atomic E-state index is 11.4. The second-order valence-electron chi connectivity index (χ2n) is 4.41. The molecular formula is C10H22N2O3S. The van der Waals surface area contributed by atoms with Gasteiger partial charge in [-0.25, -0.2) is 8.42 Å². The van der Waals surface area contributed by atoms with Crippen LogP contribution in [0.4, 0.5) is 0 Å². The van der Waals surface area contributed by atoms with Crippen molar-refractivity contribution >= 4 is 15.9 Å². The van der Waals surface area contributed by atoms with E-state index in [0.29, 0.717) is 13.1 Å². The van der Waals surface area contributed by atoms with Gasteiger partial charge in [-0.15, -0.1) is 0 Å². The van der Waals surface area contributed by atoms with Crippen LogP contribution in [0.25, 0.3) is 0 Å². The Morgan fingerprint density at radius 2 is 1.75 bits per heavy atom. The van der Waals surface area contributed by atoms with E-state index in [1.807, 2.05) is 13.8 Å². The average Bonchev–Trinajstić information content (AvgIpc) is 2.08. The molecule has 0 bridgehead atoms. The van der Waals surface area contributed by atoms with Crippen LogP contribution in [0.2, 0.25) is 0 Å². The molecule has 0 unspecified atom stereocenters. The molecule has 0 aliphatic carbocycles. The first-order valence-electron chi connectivity index (χ1n) is 5.40. The fraction of sp³-hybridized carbons (Fsp3) is 0.900. The number of hydrogen-bond donors (Lipinski definition) is 1. The van der Waals surface area contributed by atoms with E-state index in [1.165, 1.54) is 10.6 Å². The van der Waals surface area contributed by atoms with Gasteiger partial charge in [-0.1, -0.05) is 13.8 Å². The van der Waals surface area contributed by atoms with E-state index < -0.39 is 10.0 Å².